The van der Waals surface area contributed by atoms with Crippen molar-refractivity contribution in [3.8, 4) is 5.75 Å². The summed E-state index contributed by atoms with van der Waals surface area (Å²) in [6.07, 6.45) is -4.60. The standard InChI is InChI=1S/C15H11ClF3NO3/c1-22-14(21)12-4-2-3-10(20-12)8-23-13-6-5-9(16)7-11(13)15(17,18)19/h2-7H,8H2,1H3. The van der Waals surface area contributed by atoms with E-state index in [1.54, 1.807) is 0 Å². The molecule has 0 amide bonds. The molecular weight excluding hydrogens is 335 g/mol. The highest BCUT2D eigenvalue weighted by atomic mass is 35.5. The first-order valence-corrected chi connectivity index (χ1v) is 6.73. The molecule has 1 aromatic heterocycles. The number of alkyl halides is 3. The molecule has 0 atom stereocenters. The second kappa shape index (κ2) is 6.87. The van der Waals surface area contributed by atoms with Crippen molar-refractivity contribution in [2.24, 2.45) is 0 Å². The van der Waals surface area contributed by atoms with Gasteiger partial charge < -0.3 is 9.47 Å². The van der Waals surface area contributed by atoms with Gasteiger partial charge in [0.2, 0.25) is 0 Å². The van der Waals surface area contributed by atoms with E-state index in [1.165, 1.54) is 31.4 Å². The summed E-state index contributed by atoms with van der Waals surface area (Å²) < 4.78 is 48.6. The third kappa shape index (κ3) is 4.35. The van der Waals surface area contributed by atoms with E-state index in [-0.39, 0.29) is 28.8 Å². The zero-order valence-corrected chi connectivity index (χ0v) is 12.6. The second-order valence-corrected chi connectivity index (χ2v) is 4.87. The number of pyridine rings is 1. The monoisotopic (exact) mass is 345 g/mol. The van der Waals surface area contributed by atoms with Gasteiger partial charge in [0.05, 0.1) is 18.4 Å². The highest BCUT2D eigenvalue weighted by molar-refractivity contribution is 6.30. The first-order valence-electron chi connectivity index (χ1n) is 6.35. The molecule has 23 heavy (non-hydrogen) atoms. The predicted molar refractivity (Wildman–Crippen MR) is 76.4 cm³/mol. The number of ether oxygens (including phenoxy) is 2. The highest BCUT2D eigenvalue weighted by Crippen LogP contribution is 2.38. The van der Waals surface area contributed by atoms with Crippen LogP contribution in [0.15, 0.2) is 36.4 Å². The summed E-state index contributed by atoms with van der Waals surface area (Å²) in [6, 6.07) is 7.70. The molecule has 0 bridgehead atoms. The molecule has 0 saturated carbocycles. The summed E-state index contributed by atoms with van der Waals surface area (Å²) in [4.78, 5) is 15.3. The Kier molecular flexibility index (Phi) is 5.10. The molecule has 0 aliphatic rings. The average molecular weight is 346 g/mol. The molecule has 2 rings (SSSR count). The van der Waals surface area contributed by atoms with Crippen LogP contribution in [-0.2, 0) is 17.5 Å². The van der Waals surface area contributed by atoms with Gasteiger partial charge in [-0.2, -0.15) is 13.2 Å². The molecule has 0 unspecified atom stereocenters. The minimum atomic E-state index is -4.60. The number of carbonyl (C=O) groups is 1. The molecule has 2 aromatic rings. The maximum absolute atomic E-state index is 13.0. The molecule has 1 aromatic carbocycles. The highest BCUT2D eigenvalue weighted by Gasteiger charge is 2.34. The number of benzene rings is 1. The lowest BCUT2D eigenvalue weighted by Crippen LogP contribution is -2.10. The van der Waals surface area contributed by atoms with Crippen molar-refractivity contribution in [1.29, 1.82) is 0 Å². The zero-order chi connectivity index (χ0) is 17.0. The zero-order valence-electron chi connectivity index (χ0n) is 11.9. The Bertz CT molecular complexity index is 719. The predicted octanol–water partition coefficient (Wildman–Crippen LogP) is 4.12. The van der Waals surface area contributed by atoms with Crippen molar-refractivity contribution < 1.29 is 27.4 Å². The van der Waals surface area contributed by atoms with Crippen molar-refractivity contribution in [3.05, 3.63) is 58.4 Å². The quantitative estimate of drug-likeness (QED) is 0.782. The van der Waals surface area contributed by atoms with Crippen LogP contribution in [0.25, 0.3) is 0 Å². The Morgan fingerprint density at radius 3 is 2.65 bits per heavy atom. The SMILES string of the molecule is COC(=O)c1cccc(COc2ccc(Cl)cc2C(F)(F)F)n1. The van der Waals surface area contributed by atoms with E-state index in [2.05, 4.69) is 9.72 Å². The number of hydrogen-bond donors (Lipinski definition) is 0. The first kappa shape index (κ1) is 17.1. The normalized spacial score (nSPS) is 11.2. The summed E-state index contributed by atoms with van der Waals surface area (Å²) >= 11 is 5.59. The summed E-state index contributed by atoms with van der Waals surface area (Å²) in [5.74, 6) is -1.01. The fraction of sp³-hybridized carbons (Fsp3) is 0.200. The molecule has 0 N–H and O–H groups in total. The lowest BCUT2D eigenvalue weighted by atomic mass is 10.2. The van der Waals surface area contributed by atoms with Gasteiger partial charge >= 0.3 is 12.1 Å². The van der Waals surface area contributed by atoms with E-state index in [0.717, 1.165) is 12.1 Å². The molecule has 1 heterocycles. The van der Waals surface area contributed by atoms with E-state index in [1.807, 2.05) is 0 Å². The minimum Gasteiger partial charge on any atom is -0.487 e. The number of hydrogen-bond acceptors (Lipinski definition) is 4. The molecule has 0 aliphatic carbocycles. The molecular formula is C15H11ClF3NO3. The van der Waals surface area contributed by atoms with Crippen molar-refractivity contribution in [2.75, 3.05) is 7.11 Å². The summed E-state index contributed by atoms with van der Waals surface area (Å²) in [7, 11) is 1.20. The van der Waals surface area contributed by atoms with Crippen LogP contribution < -0.4 is 4.74 Å². The van der Waals surface area contributed by atoms with Crippen LogP contribution in [0, 0.1) is 0 Å². The number of rotatable bonds is 4. The lowest BCUT2D eigenvalue weighted by molar-refractivity contribution is -0.139. The minimum absolute atomic E-state index is 0.0424. The molecule has 0 fully saturated rings. The summed E-state index contributed by atoms with van der Waals surface area (Å²) in [5, 5.41) is -0.0458. The average Bonchev–Trinajstić information content (AvgIpc) is 2.52. The van der Waals surface area contributed by atoms with Crippen LogP contribution in [0.1, 0.15) is 21.7 Å². The van der Waals surface area contributed by atoms with Gasteiger partial charge in [-0.15, -0.1) is 0 Å². The van der Waals surface area contributed by atoms with Crippen LogP contribution in [-0.4, -0.2) is 18.1 Å². The van der Waals surface area contributed by atoms with E-state index in [4.69, 9.17) is 16.3 Å². The van der Waals surface area contributed by atoms with Crippen LogP contribution >= 0.6 is 11.6 Å². The Hall–Kier alpha value is -2.28. The van der Waals surface area contributed by atoms with Gasteiger partial charge in [0.1, 0.15) is 18.1 Å². The maximum Gasteiger partial charge on any atom is 0.420 e. The Balaban J connectivity index is 2.20. The molecule has 4 nitrogen and oxygen atoms in total. The van der Waals surface area contributed by atoms with Gasteiger partial charge in [0.15, 0.2) is 0 Å². The van der Waals surface area contributed by atoms with Crippen LogP contribution in [0.2, 0.25) is 5.02 Å². The Morgan fingerprint density at radius 1 is 1.26 bits per heavy atom. The lowest BCUT2D eigenvalue weighted by Gasteiger charge is -2.14. The molecule has 122 valence electrons. The largest absolute Gasteiger partial charge is 0.487 e. The number of carbonyl (C=O) groups excluding carboxylic acids is 1. The Morgan fingerprint density at radius 2 is 2.00 bits per heavy atom. The second-order valence-electron chi connectivity index (χ2n) is 4.43. The number of esters is 1. The van der Waals surface area contributed by atoms with Gasteiger partial charge in [-0.3, -0.25) is 0 Å². The van der Waals surface area contributed by atoms with Gasteiger partial charge in [-0.25, -0.2) is 9.78 Å². The van der Waals surface area contributed by atoms with Crippen LogP contribution in [0.5, 0.6) is 5.75 Å². The first-order chi connectivity index (χ1) is 10.8. The summed E-state index contributed by atoms with van der Waals surface area (Å²) in [5.41, 5.74) is -0.647. The Labute approximate surface area is 134 Å². The van der Waals surface area contributed by atoms with Crippen molar-refractivity contribution in [1.82, 2.24) is 4.98 Å². The molecule has 8 heteroatoms. The van der Waals surface area contributed by atoms with E-state index < -0.39 is 17.7 Å². The molecule has 0 saturated heterocycles. The number of methoxy groups -OCH3 is 1. The third-order valence-corrected chi connectivity index (χ3v) is 3.06. The van der Waals surface area contributed by atoms with Gasteiger partial charge in [-0.05, 0) is 30.3 Å². The number of nitrogens with zero attached hydrogens (tertiary/aromatic N) is 1. The van der Waals surface area contributed by atoms with Gasteiger partial charge in [0.25, 0.3) is 0 Å². The fourth-order valence-corrected chi connectivity index (χ4v) is 1.95. The van der Waals surface area contributed by atoms with Crippen molar-refractivity contribution >= 4 is 17.6 Å². The summed E-state index contributed by atoms with van der Waals surface area (Å²) in [6.45, 7) is -0.241. The van der Waals surface area contributed by atoms with Crippen LogP contribution in [0.4, 0.5) is 13.2 Å². The smallest absolute Gasteiger partial charge is 0.420 e. The van der Waals surface area contributed by atoms with E-state index in [0.29, 0.717) is 0 Å². The third-order valence-electron chi connectivity index (χ3n) is 2.82. The molecule has 0 spiro atoms. The van der Waals surface area contributed by atoms with Gasteiger partial charge in [-0.1, -0.05) is 17.7 Å². The number of halogens is 4. The van der Waals surface area contributed by atoms with Crippen molar-refractivity contribution in [2.45, 2.75) is 12.8 Å². The van der Waals surface area contributed by atoms with E-state index in [9.17, 15) is 18.0 Å². The maximum atomic E-state index is 13.0. The molecule has 0 aliphatic heterocycles. The topological polar surface area (TPSA) is 48.4 Å². The number of aromatic nitrogens is 1. The van der Waals surface area contributed by atoms with Crippen molar-refractivity contribution in [3.63, 3.8) is 0 Å². The van der Waals surface area contributed by atoms with E-state index >= 15 is 0 Å². The fourth-order valence-electron chi connectivity index (χ4n) is 1.78. The molecule has 0 radical (unpaired) electrons. The van der Waals surface area contributed by atoms with Crippen LogP contribution in [0.3, 0.4) is 0 Å². The van der Waals surface area contributed by atoms with Gasteiger partial charge in [0, 0.05) is 5.02 Å².